The molecule has 0 bridgehead atoms. The lowest BCUT2D eigenvalue weighted by atomic mass is 10.1. The van der Waals surface area contributed by atoms with Gasteiger partial charge in [-0.2, -0.15) is 0 Å². The van der Waals surface area contributed by atoms with E-state index >= 15 is 0 Å². The largest absolute Gasteiger partial charge is 0.490 e. The van der Waals surface area contributed by atoms with Gasteiger partial charge in [-0.3, -0.25) is 0 Å². The van der Waals surface area contributed by atoms with Crippen molar-refractivity contribution in [2.45, 2.75) is 117 Å². The van der Waals surface area contributed by atoms with Crippen LogP contribution in [-0.2, 0) is 0 Å². The maximum Gasteiger partial charge on any atom is 0.161 e. The first kappa shape index (κ1) is 26.6. The van der Waals surface area contributed by atoms with Crippen LogP contribution in [0.1, 0.15) is 117 Å². The minimum atomic E-state index is 0.779. The third-order valence-electron chi connectivity index (χ3n) is 6.32. The maximum absolute atomic E-state index is 6.20. The summed E-state index contributed by atoms with van der Waals surface area (Å²) in [7, 11) is 0. The second kappa shape index (κ2) is 17.8. The molecule has 0 saturated carbocycles. The highest BCUT2D eigenvalue weighted by Gasteiger charge is 2.08. The number of benzene rings is 2. The normalized spacial score (nSPS) is 11.2. The van der Waals surface area contributed by atoms with Crippen molar-refractivity contribution in [3.63, 3.8) is 0 Å². The van der Waals surface area contributed by atoms with E-state index in [1.165, 1.54) is 101 Å². The van der Waals surface area contributed by atoms with Gasteiger partial charge in [0, 0.05) is 0 Å². The van der Waals surface area contributed by atoms with Gasteiger partial charge < -0.3 is 9.47 Å². The molecule has 0 aliphatic carbocycles. The van der Waals surface area contributed by atoms with Crippen LogP contribution in [0.4, 0.5) is 0 Å². The first-order valence-electron chi connectivity index (χ1n) is 13.6. The van der Waals surface area contributed by atoms with Crippen LogP contribution in [0.25, 0.3) is 10.8 Å². The van der Waals surface area contributed by atoms with E-state index in [2.05, 4.69) is 50.2 Å². The Morgan fingerprint density at radius 3 is 1.19 bits per heavy atom. The molecular formula is C30H48O2. The molecule has 2 nitrogen and oxygen atoms in total. The molecule has 0 N–H and O–H groups in total. The number of hydrogen-bond acceptors (Lipinski definition) is 2. The van der Waals surface area contributed by atoms with Gasteiger partial charge in [0.25, 0.3) is 0 Å². The fourth-order valence-corrected chi connectivity index (χ4v) is 4.26. The van der Waals surface area contributed by atoms with Gasteiger partial charge in [-0.25, -0.2) is 0 Å². The summed E-state index contributed by atoms with van der Waals surface area (Å²) in [6, 6.07) is 12.8. The molecule has 0 fully saturated rings. The van der Waals surface area contributed by atoms with Crippen molar-refractivity contribution >= 4 is 10.8 Å². The number of ether oxygens (including phenoxy) is 2. The molecule has 0 aliphatic heterocycles. The Morgan fingerprint density at radius 1 is 0.469 bits per heavy atom. The zero-order valence-corrected chi connectivity index (χ0v) is 21.0. The van der Waals surface area contributed by atoms with Gasteiger partial charge in [0.05, 0.1) is 13.2 Å². The summed E-state index contributed by atoms with van der Waals surface area (Å²) < 4.78 is 12.4. The number of unbranched alkanes of at least 4 members (excludes halogenated alkanes) is 14. The Labute approximate surface area is 198 Å². The molecule has 0 amide bonds. The molecule has 0 saturated heterocycles. The van der Waals surface area contributed by atoms with Crippen LogP contribution in [-0.4, -0.2) is 13.2 Å². The molecule has 0 spiro atoms. The van der Waals surface area contributed by atoms with Crippen molar-refractivity contribution < 1.29 is 9.47 Å². The predicted molar refractivity (Wildman–Crippen MR) is 140 cm³/mol. The van der Waals surface area contributed by atoms with Crippen LogP contribution in [0.2, 0.25) is 0 Å². The molecule has 0 aliphatic rings. The third kappa shape index (κ3) is 11.2. The fraction of sp³-hybridized carbons (Fsp3) is 0.667. The molecule has 32 heavy (non-hydrogen) atoms. The summed E-state index contributed by atoms with van der Waals surface area (Å²) in [6.07, 6.45) is 21.1. The van der Waals surface area contributed by atoms with Gasteiger partial charge in [-0.15, -0.1) is 0 Å². The Morgan fingerprint density at radius 2 is 0.812 bits per heavy atom. The third-order valence-corrected chi connectivity index (χ3v) is 6.32. The monoisotopic (exact) mass is 440 g/mol. The van der Waals surface area contributed by atoms with Crippen molar-refractivity contribution in [3.8, 4) is 11.5 Å². The highest BCUT2D eigenvalue weighted by atomic mass is 16.5. The van der Waals surface area contributed by atoms with E-state index < -0.39 is 0 Å². The molecule has 0 heterocycles. The van der Waals surface area contributed by atoms with Gasteiger partial charge in [0.15, 0.2) is 11.5 Å². The average Bonchev–Trinajstić information content (AvgIpc) is 2.82. The summed E-state index contributed by atoms with van der Waals surface area (Å²) in [5.74, 6) is 1.82. The van der Waals surface area contributed by atoms with E-state index in [9.17, 15) is 0 Å². The van der Waals surface area contributed by atoms with Crippen LogP contribution in [0.5, 0.6) is 11.5 Å². The summed E-state index contributed by atoms with van der Waals surface area (Å²) in [4.78, 5) is 0. The topological polar surface area (TPSA) is 18.5 Å². The zero-order chi connectivity index (χ0) is 22.7. The van der Waals surface area contributed by atoms with Crippen LogP contribution in [0, 0.1) is 0 Å². The van der Waals surface area contributed by atoms with Crippen LogP contribution in [0.3, 0.4) is 0 Å². The van der Waals surface area contributed by atoms with E-state index in [0.717, 1.165) is 37.6 Å². The van der Waals surface area contributed by atoms with Crippen LogP contribution in [0.15, 0.2) is 36.4 Å². The van der Waals surface area contributed by atoms with E-state index in [-0.39, 0.29) is 0 Å². The maximum atomic E-state index is 6.20. The summed E-state index contributed by atoms with van der Waals surface area (Å²) in [5, 5.41) is 2.44. The van der Waals surface area contributed by atoms with Crippen molar-refractivity contribution in [2.24, 2.45) is 0 Å². The van der Waals surface area contributed by atoms with Gasteiger partial charge in [0.1, 0.15) is 0 Å². The lowest BCUT2D eigenvalue weighted by Gasteiger charge is -2.14. The van der Waals surface area contributed by atoms with Crippen molar-refractivity contribution in [1.82, 2.24) is 0 Å². The molecule has 180 valence electrons. The molecule has 2 heteroatoms. The van der Waals surface area contributed by atoms with E-state index in [4.69, 9.17) is 9.47 Å². The number of rotatable bonds is 20. The highest BCUT2D eigenvalue weighted by molar-refractivity contribution is 5.86. The van der Waals surface area contributed by atoms with Crippen molar-refractivity contribution in [2.75, 3.05) is 13.2 Å². The standard InChI is InChI=1S/C30H48O2/c1-3-5-7-9-11-13-15-19-23-31-29-25-27-21-17-18-22-28(27)26-30(29)32-24-20-16-14-12-10-8-6-4-2/h17-18,21-22,25-26H,3-16,19-20,23-24H2,1-2H3. The minimum absolute atomic E-state index is 0.779. The molecule has 2 aromatic rings. The van der Waals surface area contributed by atoms with Crippen LogP contribution >= 0.6 is 0 Å². The second-order valence-electron chi connectivity index (χ2n) is 9.29. The van der Waals surface area contributed by atoms with Crippen molar-refractivity contribution in [3.05, 3.63) is 36.4 Å². The molecular weight excluding hydrogens is 392 g/mol. The Balaban J connectivity index is 1.72. The van der Waals surface area contributed by atoms with Gasteiger partial charge in [-0.05, 0) is 35.7 Å². The number of hydrogen-bond donors (Lipinski definition) is 0. The fourth-order valence-electron chi connectivity index (χ4n) is 4.26. The highest BCUT2D eigenvalue weighted by Crippen LogP contribution is 2.33. The first-order chi connectivity index (χ1) is 15.8. The van der Waals surface area contributed by atoms with E-state index in [0.29, 0.717) is 0 Å². The summed E-state index contributed by atoms with van der Waals surface area (Å²) >= 11 is 0. The van der Waals surface area contributed by atoms with E-state index in [1.54, 1.807) is 0 Å². The van der Waals surface area contributed by atoms with Crippen molar-refractivity contribution in [1.29, 1.82) is 0 Å². The quantitative estimate of drug-likeness (QED) is 0.191. The van der Waals surface area contributed by atoms with Gasteiger partial charge in [-0.1, -0.05) is 128 Å². The lowest BCUT2D eigenvalue weighted by molar-refractivity contribution is 0.259. The van der Waals surface area contributed by atoms with Crippen LogP contribution < -0.4 is 9.47 Å². The number of fused-ring (bicyclic) bond motifs is 1. The summed E-state index contributed by atoms with van der Waals surface area (Å²) in [5.41, 5.74) is 0. The minimum Gasteiger partial charge on any atom is -0.490 e. The predicted octanol–water partition coefficient (Wildman–Crippen LogP) is 9.88. The Hall–Kier alpha value is -1.70. The second-order valence-corrected chi connectivity index (χ2v) is 9.29. The lowest BCUT2D eigenvalue weighted by Crippen LogP contribution is -2.03. The zero-order valence-electron chi connectivity index (χ0n) is 21.0. The van der Waals surface area contributed by atoms with E-state index in [1.807, 2.05) is 0 Å². The molecule has 2 rings (SSSR count). The molecule has 2 aromatic carbocycles. The SMILES string of the molecule is CCCCCCCCCCOc1cc2ccccc2cc1OCCCCCCCCCC. The van der Waals surface area contributed by atoms with Gasteiger partial charge in [0.2, 0.25) is 0 Å². The first-order valence-corrected chi connectivity index (χ1v) is 13.6. The van der Waals surface area contributed by atoms with Gasteiger partial charge >= 0.3 is 0 Å². The molecule has 0 atom stereocenters. The molecule has 0 unspecified atom stereocenters. The molecule has 0 radical (unpaired) electrons. The summed E-state index contributed by atoms with van der Waals surface area (Å²) in [6.45, 7) is 6.11. The molecule has 0 aromatic heterocycles. The Bertz CT molecular complexity index is 649. The Kier molecular flexibility index (Phi) is 14.8. The average molecular weight is 441 g/mol. The smallest absolute Gasteiger partial charge is 0.161 e.